The molecular weight excluding hydrogens is 544 g/mol. The van der Waals surface area contributed by atoms with Crippen molar-refractivity contribution >= 4 is 43.1 Å². The van der Waals surface area contributed by atoms with Gasteiger partial charge in [0.25, 0.3) is 0 Å². The Morgan fingerprint density at radius 1 is 0.378 bits per heavy atom. The summed E-state index contributed by atoms with van der Waals surface area (Å²) in [6, 6.07) is 32.1. The van der Waals surface area contributed by atoms with Gasteiger partial charge in [-0.25, -0.2) is 0 Å². The fraction of sp³-hybridized carbons (Fsp3) is 0. The number of benzene rings is 9. The second-order valence-electron chi connectivity index (χ2n) is 11.4. The topological polar surface area (TPSA) is 9.23 Å². The molecule has 1 aliphatic rings. The molecular formula is C44H26O. The Morgan fingerprint density at radius 3 is 1.82 bits per heavy atom. The van der Waals surface area contributed by atoms with Crippen molar-refractivity contribution in [1.29, 1.82) is 0 Å². The van der Waals surface area contributed by atoms with Gasteiger partial charge in [0.15, 0.2) is 0 Å². The van der Waals surface area contributed by atoms with E-state index in [1.807, 2.05) is 84.9 Å². The lowest BCUT2D eigenvalue weighted by atomic mass is 9.86. The highest BCUT2D eigenvalue weighted by molar-refractivity contribution is 6.25. The Kier molecular flexibility index (Phi) is 3.72. The van der Waals surface area contributed by atoms with Crippen LogP contribution in [0.1, 0.15) is 11.0 Å². The third kappa shape index (κ3) is 3.62. The molecule has 1 heterocycles. The van der Waals surface area contributed by atoms with E-state index in [0.717, 1.165) is 60.0 Å². The van der Waals surface area contributed by atoms with E-state index in [9.17, 15) is 4.11 Å². The van der Waals surface area contributed by atoms with E-state index in [0.29, 0.717) is 16.9 Å². The maximum atomic E-state index is 9.91. The Labute approximate surface area is 272 Å². The van der Waals surface area contributed by atoms with Crippen molar-refractivity contribution in [3.8, 4) is 56.0 Å². The van der Waals surface area contributed by atoms with E-state index in [1.54, 1.807) is 0 Å². The van der Waals surface area contributed by atoms with E-state index >= 15 is 0 Å². The third-order valence-electron chi connectivity index (χ3n) is 8.97. The molecule has 1 nitrogen and oxygen atoms in total. The average molecular weight is 579 g/mol. The van der Waals surface area contributed by atoms with Crippen molar-refractivity contribution in [2.45, 2.75) is 0 Å². The van der Waals surface area contributed by atoms with Gasteiger partial charge in [0.05, 0.1) is 11.0 Å². The summed E-state index contributed by atoms with van der Waals surface area (Å²) < 4.78 is 78.8. The Hall–Kier alpha value is -5.92. The van der Waals surface area contributed by atoms with Crippen LogP contribution in [0.2, 0.25) is 0 Å². The molecule has 0 aliphatic carbocycles. The quantitative estimate of drug-likeness (QED) is 0.190. The van der Waals surface area contributed by atoms with E-state index < -0.39 is 30.2 Å². The summed E-state index contributed by atoms with van der Waals surface area (Å²) in [5.41, 5.74) is 2.99. The molecule has 9 aromatic carbocycles. The van der Waals surface area contributed by atoms with Crippen LogP contribution >= 0.6 is 0 Å². The first kappa shape index (κ1) is 18.0. The zero-order chi connectivity index (χ0) is 36.4. The average Bonchev–Trinajstić information content (AvgIpc) is 3.18. The summed E-state index contributed by atoms with van der Waals surface area (Å²) in [7, 11) is 0. The molecule has 0 spiro atoms. The highest BCUT2D eigenvalue weighted by atomic mass is 16.5. The second kappa shape index (κ2) is 9.29. The predicted octanol–water partition coefficient (Wildman–Crippen LogP) is 12.5. The fourth-order valence-electron chi connectivity index (χ4n) is 6.99. The van der Waals surface area contributed by atoms with Gasteiger partial charge in [0.1, 0.15) is 11.5 Å². The smallest absolute Gasteiger partial charge is 0.135 e. The molecule has 1 heteroatoms. The monoisotopic (exact) mass is 578 g/mol. The Bertz CT molecular complexity index is 3030. The molecule has 0 amide bonds. The molecule has 9 aromatic rings. The van der Waals surface area contributed by atoms with Crippen molar-refractivity contribution in [2.75, 3.05) is 0 Å². The van der Waals surface area contributed by atoms with E-state index in [-0.39, 0.29) is 40.4 Å². The van der Waals surface area contributed by atoms with Gasteiger partial charge in [-0.15, -0.1) is 0 Å². The molecule has 45 heavy (non-hydrogen) atoms. The first-order chi connectivity index (χ1) is 25.7. The van der Waals surface area contributed by atoms with E-state index in [4.69, 9.17) is 11.6 Å². The summed E-state index contributed by atoms with van der Waals surface area (Å²) in [6.45, 7) is 0. The summed E-state index contributed by atoms with van der Waals surface area (Å²) in [5.74, 6) is 1.35. The predicted molar refractivity (Wildman–Crippen MR) is 189 cm³/mol. The van der Waals surface area contributed by atoms with Gasteiger partial charge < -0.3 is 4.74 Å². The molecule has 10 rings (SSSR count). The SMILES string of the molecule is [2H]c1c([2H])c([2H])c(-c2c([2H])c(-c3ccc4c5c(cccc35)-c3ccccc3O4)c([2H])c(-c3ccc4ccc5cccc6ccc3c4c56)c2[2H])c([2H])c1[2H]. The van der Waals surface area contributed by atoms with Gasteiger partial charge in [-0.1, -0.05) is 127 Å². The van der Waals surface area contributed by atoms with Crippen LogP contribution in [0.4, 0.5) is 0 Å². The first-order valence-electron chi connectivity index (χ1n) is 18.9. The van der Waals surface area contributed by atoms with Gasteiger partial charge in [-0.3, -0.25) is 0 Å². The van der Waals surface area contributed by atoms with Crippen LogP contribution in [0.3, 0.4) is 0 Å². The molecule has 0 bridgehead atoms. The fourth-order valence-corrected chi connectivity index (χ4v) is 6.99. The van der Waals surface area contributed by atoms with E-state index in [1.165, 1.54) is 0 Å². The van der Waals surface area contributed by atoms with Crippen LogP contribution in [0.25, 0.3) is 87.6 Å². The molecule has 0 saturated heterocycles. The third-order valence-corrected chi connectivity index (χ3v) is 8.97. The number of hydrogen-bond donors (Lipinski definition) is 0. The Morgan fingerprint density at radius 2 is 1.00 bits per heavy atom. The molecule has 0 saturated carbocycles. The van der Waals surface area contributed by atoms with Crippen molar-refractivity contribution in [2.24, 2.45) is 0 Å². The van der Waals surface area contributed by atoms with Crippen LogP contribution in [-0.2, 0) is 0 Å². The van der Waals surface area contributed by atoms with Crippen LogP contribution in [0.15, 0.2) is 158 Å². The van der Waals surface area contributed by atoms with Gasteiger partial charge in [-0.2, -0.15) is 0 Å². The largest absolute Gasteiger partial charge is 0.456 e. The standard InChI is InChI=1S/C44H26O/c1-2-8-27(9-3-1)31-24-32(34-20-18-30-17-16-28-10-6-11-29-19-21-39(34)43(30)42(28)29)26-33(25-31)35-22-23-41-44-37(35)13-7-14-38(44)36-12-4-5-15-40(36)45-41/h1-26H/i1D,2D,3D,8D,9D,24D,25D,26D. The van der Waals surface area contributed by atoms with Crippen LogP contribution < -0.4 is 4.74 Å². The maximum Gasteiger partial charge on any atom is 0.135 e. The summed E-state index contributed by atoms with van der Waals surface area (Å²) in [6.07, 6.45) is 0. The van der Waals surface area contributed by atoms with Crippen LogP contribution in [0.5, 0.6) is 11.5 Å². The zero-order valence-electron chi connectivity index (χ0n) is 31.8. The van der Waals surface area contributed by atoms with Crippen LogP contribution in [-0.4, -0.2) is 0 Å². The summed E-state index contributed by atoms with van der Waals surface area (Å²) >= 11 is 0. The molecule has 0 aromatic heterocycles. The number of hydrogen-bond acceptors (Lipinski definition) is 1. The van der Waals surface area contributed by atoms with Gasteiger partial charge in [0.2, 0.25) is 0 Å². The minimum absolute atomic E-state index is 0.0658. The second-order valence-corrected chi connectivity index (χ2v) is 11.4. The van der Waals surface area contributed by atoms with Crippen molar-refractivity contribution in [1.82, 2.24) is 0 Å². The summed E-state index contributed by atoms with van der Waals surface area (Å²) in [5, 5.41) is 7.51. The lowest BCUT2D eigenvalue weighted by Gasteiger charge is -2.23. The lowest BCUT2D eigenvalue weighted by Crippen LogP contribution is -1.97. The molecule has 0 radical (unpaired) electrons. The van der Waals surface area contributed by atoms with Gasteiger partial charge in [0, 0.05) is 10.9 Å². The number of rotatable bonds is 3. The summed E-state index contributed by atoms with van der Waals surface area (Å²) in [4.78, 5) is 0. The normalized spacial score (nSPS) is 14.7. The molecule has 208 valence electrons. The van der Waals surface area contributed by atoms with Gasteiger partial charge in [-0.05, 0) is 107 Å². The highest BCUT2D eigenvalue weighted by Gasteiger charge is 2.22. The van der Waals surface area contributed by atoms with Gasteiger partial charge >= 0.3 is 0 Å². The van der Waals surface area contributed by atoms with Crippen molar-refractivity contribution < 1.29 is 15.7 Å². The highest BCUT2D eigenvalue weighted by Crippen LogP contribution is 2.49. The van der Waals surface area contributed by atoms with E-state index in [2.05, 4.69) is 24.3 Å². The van der Waals surface area contributed by atoms with Crippen LogP contribution in [0, 0.1) is 0 Å². The lowest BCUT2D eigenvalue weighted by molar-refractivity contribution is 0.487. The Balaban J connectivity index is 1.37. The molecule has 0 N–H and O–H groups in total. The minimum Gasteiger partial charge on any atom is -0.456 e. The molecule has 0 unspecified atom stereocenters. The molecule has 1 aliphatic heterocycles. The number of ether oxygens (including phenoxy) is 1. The minimum atomic E-state index is -0.560. The molecule has 0 fully saturated rings. The zero-order valence-corrected chi connectivity index (χ0v) is 23.8. The number of fused-ring (bicyclic) bond motifs is 2. The first-order valence-corrected chi connectivity index (χ1v) is 14.9. The van der Waals surface area contributed by atoms with Crippen molar-refractivity contribution in [3.05, 3.63) is 158 Å². The number of para-hydroxylation sites is 1. The molecule has 0 atom stereocenters. The maximum absolute atomic E-state index is 9.91. The van der Waals surface area contributed by atoms with Crippen molar-refractivity contribution in [3.63, 3.8) is 0 Å².